The van der Waals surface area contributed by atoms with Gasteiger partial charge in [-0.1, -0.05) is 23.9 Å². The number of hydrogen-bond donors (Lipinski definition) is 1. The lowest BCUT2D eigenvalue weighted by atomic mass is 10.1. The van der Waals surface area contributed by atoms with Gasteiger partial charge in [-0.25, -0.2) is 9.47 Å². The molecule has 0 radical (unpaired) electrons. The number of ether oxygens (including phenoxy) is 2. The van der Waals surface area contributed by atoms with E-state index in [9.17, 15) is 4.79 Å². The van der Waals surface area contributed by atoms with Gasteiger partial charge in [0, 0.05) is 11.3 Å². The average Bonchev–Trinajstić information content (AvgIpc) is 3.07. The number of nitrogens with zero attached hydrogens (tertiary/aromatic N) is 3. The summed E-state index contributed by atoms with van der Waals surface area (Å²) < 4.78 is 11.6. The highest BCUT2D eigenvalue weighted by Crippen LogP contribution is 2.25. The number of nitrogen functional groups attached to an aromatic ring is 1. The van der Waals surface area contributed by atoms with Crippen molar-refractivity contribution in [2.75, 3.05) is 19.6 Å². The lowest BCUT2D eigenvalue weighted by Crippen LogP contribution is -2.11. The van der Waals surface area contributed by atoms with Crippen molar-refractivity contribution in [1.29, 1.82) is 0 Å². The van der Waals surface area contributed by atoms with Crippen molar-refractivity contribution in [1.82, 2.24) is 14.9 Å². The summed E-state index contributed by atoms with van der Waals surface area (Å²) >= 11 is 1.47. The fourth-order valence-electron chi connectivity index (χ4n) is 2.41. The van der Waals surface area contributed by atoms with Crippen LogP contribution in [-0.4, -0.2) is 34.6 Å². The fourth-order valence-corrected chi connectivity index (χ4v) is 3.22. The zero-order valence-corrected chi connectivity index (χ0v) is 15.9. The van der Waals surface area contributed by atoms with Gasteiger partial charge in [0.25, 0.3) is 0 Å². The van der Waals surface area contributed by atoms with E-state index in [4.69, 9.17) is 15.3 Å². The number of carbonyl (C=O) groups is 1. The number of nitrogens with two attached hydrogens (primary N) is 1. The first-order chi connectivity index (χ1) is 13.1. The van der Waals surface area contributed by atoms with Gasteiger partial charge in [-0.3, -0.25) is 0 Å². The van der Waals surface area contributed by atoms with Gasteiger partial charge >= 0.3 is 5.97 Å². The van der Waals surface area contributed by atoms with Crippen molar-refractivity contribution < 1.29 is 14.3 Å². The molecular weight excluding hydrogens is 364 g/mol. The number of carbonyl (C=O) groups excluding carboxylic acids is 1. The molecule has 140 valence electrons. The molecule has 0 amide bonds. The summed E-state index contributed by atoms with van der Waals surface area (Å²) in [6.07, 6.45) is 0. The smallest absolute Gasteiger partial charge is 0.338 e. The molecule has 2 aromatic carbocycles. The van der Waals surface area contributed by atoms with Gasteiger partial charge in [-0.15, -0.1) is 10.2 Å². The first-order valence-electron chi connectivity index (χ1n) is 8.36. The van der Waals surface area contributed by atoms with Crippen molar-refractivity contribution in [2.24, 2.45) is 0 Å². The highest BCUT2D eigenvalue weighted by Gasteiger charge is 2.13. The Bertz CT molecular complexity index is 908. The van der Waals surface area contributed by atoms with Crippen molar-refractivity contribution >= 4 is 17.7 Å². The topological polar surface area (TPSA) is 92.3 Å². The van der Waals surface area contributed by atoms with E-state index in [1.807, 2.05) is 36.4 Å². The molecule has 0 saturated heterocycles. The Balaban J connectivity index is 1.66. The summed E-state index contributed by atoms with van der Waals surface area (Å²) in [6.45, 7) is 2.14. The molecule has 27 heavy (non-hydrogen) atoms. The summed E-state index contributed by atoms with van der Waals surface area (Å²) in [6, 6.07) is 14.8. The summed E-state index contributed by atoms with van der Waals surface area (Å²) in [4.78, 5) is 11.7. The predicted octanol–water partition coefficient (Wildman–Crippen LogP) is 3.14. The van der Waals surface area contributed by atoms with E-state index in [2.05, 4.69) is 10.2 Å². The van der Waals surface area contributed by atoms with Crippen molar-refractivity contribution in [3.63, 3.8) is 0 Å². The normalized spacial score (nSPS) is 10.6. The lowest BCUT2D eigenvalue weighted by molar-refractivity contribution is 0.0526. The third-order valence-electron chi connectivity index (χ3n) is 3.85. The molecule has 3 aromatic rings. The van der Waals surface area contributed by atoms with Gasteiger partial charge in [0.05, 0.1) is 19.3 Å². The van der Waals surface area contributed by atoms with Crippen LogP contribution in [-0.2, 0) is 10.5 Å². The Hall–Kier alpha value is -3.00. The van der Waals surface area contributed by atoms with Crippen molar-refractivity contribution in [3.8, 4) is 17.1 Å². The Morgan fingerprint density at radius 3 is 2.44 bits per heavy atom. The van der Waals surface area contributed by atoms with Crippen LogP contribution < -0.4 is 10.6 Å². The van der Waals surface area contributed by atoms with E-state index in [1.165, 1.54) is 16.4 Å². The van der Waals surface area contributed by atoms with Crippen LogP contribution in [0.3, 0.4) is 0 Å². The maximum absolute atomic E-state index is 11.7. The zero-order valence-electron chi connectivity index (χ0n) is 15.1. The molecule has 0 unspecified atom stereocenters. The molecule has 3 rings (SSSR count). The maximum atomic E-state index is 11.7. The Morgan fingerprint density at radius 2 is 1.81 bits per heavy atom. The van der Waals surface area contributed by atoms with E-state index in [0.29, 0.717) is 28.9 Å². The number of benzene rings is 2. The lowest BCUT2D eigenvalue weighted by Gasteiger charge is -2.06. The van der Waals surface area contributed by atoms with E-state index in [0.717, 1.165) is 16.9 Å². The maximum Gasteiger partial charge on any atom is 0.338 e. The first-order valence-corrected chi connectivity index (χ1v) is 9.34. The Morgan fingerprint density at radius 1 is 1.11 bits per heavy atom. The minimum Gasteiger partial charge on any atom is -0.497 e. The number of hydrogen-bond acceptors (Lipinski definition) is 7. The highest BCUT2D eigenvalue weighted by molar-refractivity contribution is 7.98. The number of methoxy groups -OCH3 is 1. The van der Waals surface area contributed by atoms with Crippen molar-refractivity contribution in [3.05, 3.63) is 59.7 Å². The molecular formula is C19H20N4O3S. The minimum atomic E-state index is -0.317. The number of thioether (sulfide) groups is 1. The number of aromatic nitrogens is 3. The molecule has 0 fully saturated rings. The summed E-state index contributed by atoms with van der Waals surface area (Å²) in [5.41, 5.74) is 2.44. The molecule has 7 nitrogen and oxygen atoms in total. The number of rotatable bonds is 7. The molecule has 0 aliphatic rings. The molecule has 0 atom stereocenters. The largest absolute Gasteiger partial charge is 0.497 e. The van der Waals surface area contributed by atoms with E-state index in [1.54, 1.807) is 26.2 Å². The summed E-state index contributed by atoms with van der Waals surface area (Å²) in [5.74, 6) is 7.83. The summed E-state index contributed by atoms with van der Waals surface area (Å²) in [5, 5.41) is 8.95. The quantitative estimate of drug-likeness (QED) is 0.380. The van der Waals surface area contributed by atoms with Crippen LogP contribution in [0.2, 0.25) is 0 Å². The molecule has 8 heteroatoms. The van der Waals surface area contributed by atoms with Crippen LogP contribution in [0.5, 0.6) is 5.75 Å². The zero-order chi connectivity index (χ0) is 19.2. The second-order valence-corrected chi connectivity index (χ2v) is 6.55. The van der Waals surface area contributed by atoms with Crippen LogP contribution in [0.25, 0.3) is 11.4 Å². The molecule has 1 aromatic heterocycles. The first kappa shape index (κ1) is 18.8. The van der Waals surface area contributed by atoms with E-state index < -0.39 is 0 Å². The third kappa shape index (κ3) is 4.40. The second kappa shape index (κ2) is 8.59. The van der Waals surface area contributed by atoms with Crippen LogP contribution in [0, 0.1) is 0 Å². The molecule has 2 N–H and O–H groups in total. The monoisotopic (exact) mass is 384 g/mol. The molecule has 0 aliphatic heterocycles. The van der Waals surface area contributed by atoms with Gasteiger partial charge in [-0.2, -0.15) is 0 Å². The van der Waals surface area contributed by atoms with Crippen LogP contribution in [0.1, 0.15) is 22.8 Å². The predicted molar refractivity (Wildman–Crippen MR) is 104 cm³/mol. The molecule has 0 bridgehead atoms. The third-order valence-corrected chi connectivity index (χ3v) is 4.86. The van der Waals surface area contributed by atoms with Crippen LogP contribution >= 0.6 is 11.8 Å². The van der Waals surface area contributed by atoms with E-state index >= 15 is 0 Å². The van der Waals surface area contributed by atoms with Gasteiger partial charge < -0.3 is 15.3 Å². The molecule has 1 heterocycles. The Kier molecular flexibility index (Phi) is 5.97. The highest BCUT2D eigenvalue weighted by atomic mass is 32.2. The second-order valence-electron chi connectivity index (χ2n) is 5.61. The molecule has 0 spiro atoms. The standard InChI is InChI=1S/C19H20N4O3S/c1-3-26-18(24)15-6-4-13(5-7-15)12-27-19-22-21-17(23(19)20)14-8-10-16(25-2)11-9-14/h4-11H,3,12,20H2,1-2H3. The van der Waals surface area contributed by atoms with Crippen molar-refractivity contribution in [2.45, 2.75) is 17.8 Å². The van der Waals surface area contributed by atoms with Crippen LogP contribution in [0.15, 0.2) is 53.7 Å². The fraction of sp³-hybridized carbons (Fsp3) is 0.211. The SMILES string of the molecule is CCOC(=O)c1ccc(CSc2nnc(-c3ccc(OC)cc3)n2N)cc1. The average molecular weight is 384 g/mol. The van der Waals surface area contributed by atoms with Gasteiger partial charge in [-0.05, 0) is 48.9 Å². The Labute approximate surface area is 161 Å². The van der Waals surface area contributed by atoms with E-state index in [-0.39, 0.29) is 5.97 Å². The molecule has 0 aliphatic carbocycles. The van der Waals surface area contributed by atoms with Gasteiger partial charge in [0.1, 0.15) is 5.75 Å². The summed E-state index contributed by atoms with van der Waals surface area (Å²) in [7, 11) is 1.62. The number of esters is 1. The van der Waals surface area contributed by atoms with Crippen LogP contribution in [0.4, 0.5) is 0 Å². The molecule has 0 saturated carbocycles. The van der Waals surface area contributed by atoms with Gasteiger partial charge in [0.15, 0.2) is 5.82 Å². The minimum absolute atomic E-state index is 0.317. The van der Waals surface area contributed by atoms with Gasteiger partial charge in [0.2, 0.25) is 5.16 Å².